The van der Waals surface area contributed by atoms with Crippen LogP contribution in [0, 0.1) is 5.82 Å². The predicted molar refractivity (Wildman–Crippen MR) is 110 cm³/mol. The van der Waals surface area contributed by atoms with Crippen LogP contribution in [0.15, 0.2) is 29.6 Å². The summed E-state index contributed by atoms with van der Waals surface area (Å²) in [6, 6.07) is 5.70. The van der Waals surface area contributed by atoms with Crippen molar-refractivity contribution >= 4 is 27.1 Å². The molecule has 1 heterocycles. The highest BCUT2D eigenvalue weighted by atomic mass is 32.2. The fraction of sp³-hybridized carbons (Fsp3) is 0.500. The molecule has 1 fully saturated rings. The summed E-state index contributed by atoms with van der Waals surface area (Å²) in [4.78, 5) is 16.7. The lowest BCUT2D eigenvalue weighted by Crippen LogP contribution is -2.44. The van der Waals surface area contributed by atoms with Crippen LogP contribution in [0.4, 0.5) is 4.39 Å². The SMILES string of the molecule is CC(C(=O)NC1CCCCC1)S(=O)(=O)Cc1csc(COc2ccc(F)cc2)n1. The minimum Gasteiger partial charge on any atom is -0.486 e. The van der Waals surface area contributed by atoms with Crippen LogP contribution in [-0.4, -0.2) is 30.6 Å². The molecule has 2 aromatic rings. The Kier molecular flexibility index (Phi) is 7.23. The van der Waals surface area contributed by atoms with Crippen molar-refractivity contribution < 1.29 is 22.3 Å². The van der Waals surface area contributed by atoms with Gasteiger partial charge in [0.25, 0.3) is 0 Å². The molecule has 1 N–H and O–H groups in total. The molecule has 0 bridgehead atoms. The second kappa shape index (κ2) is 9.67. The Bertz CT molecular complexity index is 922. The van der Waals surface area contributed by atoms with E-state index in [2.05, 4.69) is 10.3 Å². The van der Waals surface area contributed by atoms with Gasteiger partial charge in [-0.2, -0.15) is 0 Å². The first kappa shape index (κ1) is 21.7. The summed E-state index contributed by atoms with van der Waals surface area (Å²) in [5.74, 6) is -0.573. The van der Waals surface area contributed by atoms with E-state index in [4.69, 9.17) is 4.74 Å². The van der Waals surface area contributed by atoms with Gasteiger partial charge in [-0.1, -0.05) is 19.3 Å². The number of benzene rings is 1. The number of nitrogens with zero attached hydrogens (tertiary/aromatic N) is 1. The quantitative estimate of drug-likeness (QED) is 0.678. The summed E-state index contributed by atoms with van der Waals surface area (Å²) >= 11 is 1.29. The van der Waals surface area contributed by atoms with Gasteiger partial charge in [0, 0.05) is 11.4 Å². The van der Waals surface area contributed by atoms with E-state index in [1.54, 1.807) is 5.38 Å². The van der Waals surface area contributed by atoms with Crippen LogP contribution in [0.3, 0.4) is 0 Å². The molecule has 6 nitrogen and oxygen atoms in total. The monoisotopic (exact) mass is 440 g/mol. The molecular formula is C20H25FN2O4S2. The normalized spacial score (nSPS) is 16.3. The maximum atomic E-state index is 12.9. The van der Waals surface area contributed by atoms with E-state index < -0.39 is 21.0 Å². The van der Waals surface area contributed by atoms with Crippen LogP contribution < -0.4 is 10.1 Å². The van der Waals surface area contributed by atoms with Crippen LogP contribution >= 0.6 is 11.3 Å². The molecular weight excluding hydrogens is 415 g/mol. The standard InChI is InChI=1S/C20H25FN2O4S2/c1-14(20(24)23-16-5-3-2-4-6-16)29(25,26)13-17-12-28-19(22-17)11-27-18-9-7-15(21)8-10-18/h7-10,12,14,16H,2-6,11,13H2,1H3,(H,23,24). The number of carbonyl (C=O) groups excluding carboxylic acids is 1. The van der Waals surface area contributed by atoms with Crippen molar-refractivity contribution in [1.29, 1.82) is 0 Å². The number of rotatable bonds is 8. The van der Waals surface area contributed by atoms with Crippen LogP contribution in [-0.2, 0) is 27.0 Å². The van der Waals surface area contributed by atoms with E-state index >= 15 is 0 Å². The Morgan fingerprint density at radius 1 is 1.28 bits per heavy atom. The Balaban J connectivity index is 1.54. The van der Waals surface area contributed by atoms with Crippen molar-refractivity contribution in [3.05, 3.63) is 46.2 Å². The molecule has 3 rings (SSSR count). The summed E-state index contributed by atoms with van der Waals surface area (Å²) in [7, 11) is -3.67. The Labute approximate surface area is 174 Å². The Hall–Kier alpha value is -2.00. The third-order valence-electron chi connectivity index (χ3n) is 4.98. The van der Waals surface area contributed by atoms with E-state index in [9.17, 15) is 17.6 Å². The van der Waals surface area contributed by atoms with Crippen molar-refractivity contribution in [2.45, 2.75) is 62.7 Å². The van der Waals surface area contributed by atoms with Crippen LogP contribution in [0.2, 0.25) is 0 Å². The summed E-state index contributed by atoms with van der Waals surface area (Å²) in [5, 5.41) is 4.02. The van der Waals surface area contributed by atoms with E-state index in [-0.39, 0.29) is 24.2 Å². The summed E-state index contributed by atoms with van der Waals surface area (Å²) < 4.78 is 43.7. The van der Waals surface area contributed by atoms with Crippen molar-refractivity contribution in [3.8, 4) is 5.75 Å². The molecule has 158 valence electrons. The molecule has 1 unspecified atom stereocenters. The van der Waals surface area contributed by atoms with Crippen molar-refractivity contribution in [3.63, 3.8) is 0 Å². The third kappa shape index (κ3) is 6.24. The highest BCUT2D eigenvalue weighted by Crippen LogP contribution is 2.20. The highest BCUT2D eigenvalue weighted by molar-refractivity contribution is 7.92. The number of hydrogen-bond acceptors (Lipinski definition) is 6. The zero-order valence-electron chi connectivity index (χ0n) is 16.3. The number of amides is 1. The highest BCUT2D eigenvalue weighted by Gasteiger charge is 2.30. The van der Waals surface area contributed by atoms with E-state index in [0.717, 1.165) is 32.1 Å². The molecule has 1 aliphatic rings. The number of sulfone groups is 1. The molecule has 1 aromatic carbocycles. The minimum absolute atomic E-state index is 0.0726. The summed E-state index contributed by atoms with van der Waals surface area (Å²) in [6.07, 6.45) is 5.10. The van der Waals surface area contributed by atoms with Gasteiger partial charge in [-0.3, -0.25) is 4.79 Å². The predicted octanol–water partition coefficient (Wildman–Crippen LogP) is 3.61. The molecule has 1 atom stereocenters. The van der Waals surface area contributed by atoms with Crippen molar-refractivity contribution in [1.82, 2.24) is 10.3 Å². The second-order valence-electron chi connectivity index (χ2n) is 7.27. The second-order valence-corrected chi connectivity index (χ2v) is 10.5. The van der Waals surface area contributed by atoms with Crippen LogP contribution in [0.5, 0.6) is 5.75 Å². The lowest BCUT2D eigenvalue weighted by Gasteiger charge is -2.24. The molecule has 1 aliphatic carbocycles. The molecule has 0 radical (unpaired) electrons. The third-order valence-corrected chi connectivity index (χ3v) is 7.84. The lowest BCUT2D eigenvalue weighted by molar-refractivity contribution is -0.121. The first-order valence-electron chi connectivity index (χ1n) is 9.67. The number of thiazole rings is 1. The summed E-state index contributed by atoms with van der Waals surface area (Å²) in [5.41, 5.74) is 0.394. The molecule has 1 amide bonds. The number of halogens is 1. The smallest absolute Gasteiger partial charge is 0.238 e. The number of carbonyl (C=O) groups is 1. The van der Waals surface area contributed by atoms with Gasteiger partial charge in [0.2, 0.25) is 5.91 Å². The van der Waals surface area contributed by atoms with Crippen LogP contribution in [0.1, 0.15) is 49.7 Å². The van der Waals surface area contributed by atoms with Gasteiger partial charge in [0.1, 0.15) is 28.4 Å². The molecule has 0 saturated heterocycles. The number of aromatic nitrogens is 1. The van der Waals surface area contributed by atoms with Crippen molar-refractivity contribution in [2.24, 2.45) is 0 Å². The average molecular weight is 441 g/mol. The number of ether oxygens (including phenoxy) is 1. The zero-order chi connectivity index (χ0) is 20.9. The maximum Gasteiger partial charge on any atom is 0.238 e. The lowest BCUT2D eigenvalue weighted by atomic mass is 9.95. The van der Waals surface area contributed by atoms with E-state index in [0.29, 0.717) is 16.5 Å². The number of hydrogen-bond donors (Lipinski definition) is 1. The fourth-order valence-corrected chi connectivity index (χ4v) is 5.23. The summed E-state index contributed by atoms with van der Waals surface area (Å²) in [6.45, 7) is 1.59. The van der Waals surface area contributed by atoms with Crippen molar-refractivity contribution in [2.75, 3.05) is 0 Å². The zero-order valence-corrected chi connectivity index (χ0v) is 17.9. The topological polar surface area (TPSA) is 85.4 Å². The Morgan fingerprint density at radius 3 is 2.66 bits per heavy atom. The first-order valence-corrected chi connectivity index (χ1v) is 12.3. The van der Waals surface area contributed by atoms with Gasteiger partial charge in [-0.15, -0.1) is 11.3 Å². The largest absolute Gasteiger partial charge is 0.486 e. The number of nitrogens with one attached hydrogen (secondary N) is 1. The first-order chi connectivity index (χ1) is 13.8. The van der Waals surface area contributed by atoms with Gasteiger partial charge in [-0.25, -0.2) is 17.8 Å². The van der Waals surface area contributed by atoms with Gasteiger partial charge < -0.3 is 10.1 Å². The van der Waals surface area contributed by atoms with Crippen LogP contribution in [0.25, 0.3) is 0 Å². The molecule has 29 heavy (non-hydrogen) atoms. The molecule has 1 aromatic heterocycles. The van der Waals surface area contributed by atoms with Gasteiger partial charge in [-0.05, 0) is 44.0 Å². The van der Waals surface area contributed by atoms with Gasteiger partial charge in [0.05, 0.1) is 11.4 Å². The Morgan fingerprint density at radius 2 is 1.97 bits per heavy atom. The van der Waals surface area contributed by atoms with Gasteiger partial charge >= 0.3 is 0 Å². The van der Waals surface area contributed by atoms with E-state index in [1.165, 1.54) is 42.5 Å². The molecule has 1 saturated carbocycles. The van der Waals surface area contributed by atoms with Gasteiger partial charge in [0.15, 0.2) is 9.84 Å². The van der Waals surface area contributed by atoms with E-state index in [1.807, 2.05) is 0 Å². The maximum absolute atomic E-state index is 12.9. The average Bonchev–Trinajstić information content (AvgIpc) is 3.14. The molecule has 0 aliphatic heterocycles. The molecule has 0 spiro atoms. The fourth-order valence-electron chi connectivity index (χ4n) is 3.22. The molecule has 9 heteroatoms. The minimum atomic E-state index is -3.67.